The van der Waals surface area contributed by atoms with Crippen LogP contribution >= 0.6 is 0 Å². The van der Waals surface area contributed by atoms with Gasteiger partial charge in [-0.25, -0.2) is 4.79 Å². The molecule has 0 heterocycles. The third kappa shape index (κ3) is 6.59. The summed E-state index contributed by atoms with van der Waals surface area (Å²) in [6.07, 6.45) is 0.806. The van der Waals surface area contributed by atoms with Gasteiger partial charge in [0.25, 0.3) is 0 Å². The van der Waals surface area contributed by atoms with Crippen molar-refractivity contribution in [1.29, 1.82) is 0 Å². The average molecular weight is 351 g/mol. The van der Waals surface area contributed by atoms with E-state index in [4.69, 9.17) is 13.9 Å². The maximum absolute atomic E-state index is 12.2. The number of hydrogen-bond donors (Lipinski definition) is 0. The first-order valence-corrected chi connectivity index (χ1v) is 11.2. The number of esters is 1. The van der Waals surface area contributed by atoms with Crippen molar-refractivity contribution >= 4 is 14.3 Å². The molecule has 0 radical (unpaired) electrons. The van der Waals surface area contributed by atoms with Gasteiger partial charge in [-0.15, -0.1) is 0 Å². The second kappa shape index (κ2) is 9.16. The van der Waals surface area contributed by atoms with E-state index >= 15 is 0 Å². The third-order valence-electron chi connectivity index (χ3n) is 4.30. The van der Waals surface area contributed by atoms with Crippen LogP contribution in [0.3, 0.4) is 0 Å². The second-order valence-electron chi connectivity index (χ2n) is 7.28. The Morgan fingerprint density at radius 3 is 2.42 bits per heavy atom. The van der Waals surface area contributed by atoms with E-state index in [9.17, 15) is 4.79 Å². The number of benzene rings is 1. The van der Waals surface area contributed by atoms with Crippen molar-refractivity contribution in [2.75, 3.05) is 13.2 Å². The maximum atomic E-state index is 12.2. The van der Waals surface area contributed by atoms with E-state index in [1.807, 2.05) is 30.3 Å². The molecule has 0 aromatic heterocycles. The van der Waals surface area contributed by atoms with Crippen LogP contribution in [0.5, 0.6) is 0 Å². The molecule has 0 aliphatic rings. The van der Waals surface area contributed by atoms with E-state index in [2.05, 4.69) is 40.4 Å². The lowest BCUT2D eigenvalue weighted by atomic mass is 10.2. The molecular weight excluding hydrogens is 320 g/mol. The minimum Gasteiger partial charge on any atom is -0.459 e. The van der Waals surface area contributed by atoms with Crippen LogP contribution in [-0.4, -0.2) is 33.6 Å². The van der Waals surface area contributed by atoms with Gasteiger partial charge in [0.2, 0.25) is 0 Å². The van der Waals surface area contributed by atoms with Gasteiger partial charge in [-0.1, -0.05) is 63.8 Å². The van der Waals surface area contributed by atoms with Crippen molar-refractivity contribution in [3.8, 4) is 0 Å². The van der Waals surface area contributed by atoms with Crippen molar-refractivity contribution in [3.63, 3.8) is 0 Å². The second-order valence-corrected chi connectivity index (χ2v) is 12.1. The normalized spacial score (nSPS) is 13.4. The first kappa shape index (κ1) is 20.6. The Morgan fingerprint density at radius 2 is 1.88 bits per heavy atom. The monoisotopic (exact) mass is 350 g/mol. The van der Waals surface area contributed by atoms with Crippen LogP contribution in [0.1, 0.15) is 26.3 Å². The van der Waals surface area contributed by atoms with Crippen molar-refractivity contribution in [1.82, 2.24) is 0 Å². The summed E-state index contributed by atoms with van der Waals surface area (Å²) in [7, 11) is -1.96. The van der Waals surface area contributed by atoms with Crippen molar-refractivity contribution < 1.29 is 18.7 Å². The molecule has 0 aliphatic carbocycles. The largest absolute Gasteiger partial charge is 0.459 e. The summed E-state index contributed by atoms with van der Waals surface area (Å²) >= 11 is 0. The number of carbonyl (C=O) groups excluding carboxylic acids is 1. The van der Waals surface area contributed by atoms with E-state index in [1.165, 1.54) is 0 Å². The van der Waals surface area contributed by atoms with Gasteiger partial charge in [0.15, 0.2) is 14.4 Å². The van der Waals surface area contributed by atoms with Crippen LogP contribution in [0.4, 0.5) is 0 Å². The lowest BCUT2D eigenvalue weighted by Gasteiger charge is -2.36. The lowest BCUT2D eigenvalue weighted by molar-refractivity contribution is -0.159. The minimum absolute atomic E-state index is 0.0714. The molecule has 0 fully saturated rings. The molecule has 134 valence electrons. The molecule has 0 aliphatic heterocycles. The highest BCUT2D eigenvalue weighted by atomic mass is 28.4. The average Bonchev–Trinajstić information content (AvgIpc) is 2.52. The molecule has 5 heteroatoms. The summed E-state index contributed by atoms with van der Waals surface area (Å²) in [6, 6.07) is 9.74. The number of rotatable bonds is 9. The Balaban J connectivity index is 2.70. The smallest absolute Gasteiger partial charge is 0.337 e. The van der Waals surface area contributed by atoms with Gasteiger partial charge in [0, 0.05) is 0 Å². The lowest BCUT2D eigenvalue weighted by Crippen LogP contribution is -2.44. The molecule has 1 aromatic carbocycles. The summed E-state index contributed by atoms with van der Waals surface area (Å²) in [5.41, 5.74) is 1.01. The molecule has 24 heavy (non-hydrogen) atoms. The van der Waals surface area contributed by atoms with Gasteiger partial charge in [-0.05, 0) is 23.7 Å². The van der Waals surface area contributed by atoms with Crippen molar-refractivity contribution in [3.05, 3.63) is 48.6 Å². The van der Waals surface area contributed by atoms with Crippen LogP contribution in [0, 0.1) is 0 Å². The number of ether oxygens (including phenoxy) is 2. The summed E-state index contributed by atoms with van der Waals surface area (Å²) in [4.78, 5) is 12.2. The molecule has 0 saturated heterocycles. The zero-order chi connectivity index (χ0) is 18.2. The number of hydrogen-bond acceptors (Lipinski definition) is 4. The Morgan fingerprint density at radius 1 is 1.25 bits per heavy atom. The Bertz CT molecular complexity index is 520. The fraction of sp³-hybridized carbons (Fsp3) is 0.526. The molecule has 4 nitrogen and oxygen atoms in total. The number of carbonyl (C=O) groups is 1. The highest BCUT2D eigenvalue weighted by Gasteiger charge is 2.38. The topological polar surface area (TPSA) is 44.8 Å². The van der Waals surface area contributed by atoms with Crippen LogP contribution < -0.4 is 0 Å². The van der Waals surface area contributed by atoms with Crippen LogP contribution in [0.2, 0.25) is 18.1 Å². The molecule has 1 aromatic rings. The quantitative estimate of drug-likeness (QED) is 0.378. The van der Waals surface area contributed by atoms with E-state index in [1.54, 1.807) is 6.08 Å². The molecule has 0 amide bonds. The van der Waals surface area contributed by atoms with Gasteiger partial charge < -0.3 is 13.9 Å². The first-order chi connectivity index (χ1) is 11.2. The van der Waals surface area contributed by atoms with Crippen LogP contribution in [0.25, 0.3) is 0 Å². The molecule has 0 bridgehead atoms. The Kier molecular flexibility index (Phi) is 7.86. The zero-order valence-corrected chi connectivity index (χ0v) is 16.5. The fourth-order valence-corrected chi connectivity index (χ4v) is 2.69. The first-order valence-electron chi connectivity index (χ1n) is 8.24. The van der Waals surface area contributed by atoms with Gasteiger partial charge in [-0.3, -0.25) is 0 Å². The summed E-state index contributed by atoms with van der Waals surface area (Å²) < 4.78 is 17.1. The van der Waals surface area contributed by atoms with E-state index in [-0.39, 0.29) is 18.3 Å². The highest BCUT2D eigenvalue weighted by molar-refractivity contribution is 6.74. The van der Waals surface area contributed by atoms with E-state index < -0.39 is 20.4 Å². The zero-order valence-electron chi connectivity index (χ0n) is 15.5. The van der Waals surface area contributed by atoms with Gasteiger partial charge in [-0.2, -0.15) is 0 Å². The third-order valence-corrected chi connectivity index (χ3v) is 8.80. The predicted molar refractivity (Wildman–Crippen MR) is 99.3 cm³/mol. The molecular formula is C19H30O4Si. The van der Waals surface area contributed by atoms with E-state index in [0.717, 1.165) is 5.56 Å². The minimum atomic E-state index is -1.96. The Labute approximate surface area is 146 Å². The summed E-state index contributed by atoms with van der Waals surface area (Å²) in [6.45, 7) is 15.1. The SMILES string of the molecule is C=CCOC(=O)C(CO[Si](C)(C)C(C)(C)C)OCc1ccccc1. The predicted octanol–water partition coefficient (Wildman–Crippen LogP) is 4.32. The van der Waals surface area contributed by atoms with Gasteiger partial charge in [0.1, 0.15) is 6.61 Å². The van der Waals surface area contributed by atoms with Crippen molar-refractivity contribution in [2.24, 2.45) is 0 Å². The molecule has 1 unspecified atom stereocenters. The molecule has 1 atom stereocenters. The molecule has 0 saturated carbocycles. The molecule has 0 N–H and O–H groups in total. The van der Waals surface area contributed by atoms with Crippen molar-refractivity contribution in [2.45, 2.75) is 51.6 Å². The summed E-state index contributed by atoms with van der Waals surface area (Å²) in [5.74, 6) is -0.412. The maximum Gasteiger partial charge on any atom is 0.337 e. The summed E-state index contributed by atoms with van der Waals surface area (Å²) in [5, 5.41) is 0.0714. The van der Waals surface area contributed by atoms with Crippen LogP contribution in [0.15, 0.2) is 43.0 Å². The highest BCUT2D eigenvalue weighted by Crippen LogP contribution is 2.36. The fourth-order valence-electron chi connectivity index (χ4n) is 1.69. The van der Waals surface area contributed by atoms with Gasteiger partial charge in [0.05, 0.1) is 13.2 Å². The van der Waals surface area contributed by atoms with Crippen LogP contribution in [-0.2, 0) is 25.3 Å². The van der Waals surface area contributed by atoms with Gasteiger partial charge >= 0.3 is 5.97 Å². The molecule has 0 spiro atoms. The van der Waals surface area contributed by atoms with E-state index in [0.29, 0.717) is 6.61 Å². The standard InChI is InChI=1S/C19H30O4Si/c1-7-13-21-18(20)17(15-23-24(5,6)19(2,3)4)22-14-16-11-9-8-10-12-16/h7-12,17H,1,13-15H2,2-6H3. The molecule has 1 rings (SSSR count). The Hall–Kier alpha value is -1.43.